The van der Waals surface area contributed by atoms with Crippen LogP contribution in [0.5, 0.6) is 5.75 Å². The lowest BCUT2D eigenvalue weighted by atomic mass is 10.1. The zero-order chi connectivity index (χ0) is 19.8. The highest BCUT2D eigenvalue weighted by Gasteiger charge is 2.13. The highest BCUT2D eigenvalue weighted by atomic mass is 16.5. The molecular weight excluding hydrogens is 346 g/mol. The van der Waals surface area contributed by atoms with Crippen LogP contribution in [0.2, 0.25) is 0 Å². The Morgan fingerprint density at radius 3 is 2.56 bits per heavy atom. The van der Waals surface area contributed by atoms with Gasteiger partial charge in [-0.25, -0.2) is 9.59 Å². The van der Waals surface area contributed by atoms with Crippen LogP contribution in [0.25, 0.3) is 6.08 Å². The molecule has 0 aliphatic carbocycles. The first-order valence-electron chi connectivity index (χ1n) is 8.47. The van der Waals surface area contributed by atoms with Crippen molar-refractivity contribution < 1.29 is 23.8 Å². The van der Waals surface area contributed by atoms with E-state index in [1.54, 1.807) is 31.2 Å². The van der Waals surface area contributed by atoms with E-state index in [1.807, 2.05) is 25.1 Å². The number of rotatable bonds is 7. The SMILES string of the molecule is CCOC(=O)/C=C\c1cc(C)ccc1Nc1ccc(C(=O)OC)c(OC)c1. The number of esters is 2. The smallest absolute Gasteiger partial charge is 0.341 e. The Bertz CT molecular complexity index is 858. The quantitative estimate of drug-likeness (QED) is 0.585. The first-order chi connectivity index (χ1) is 13.0. The largest absolute Gasteiger partial charge is 0.496 e. The fourth-order valence-corrected chi connectivity index (χ4v) is 2.49. The summed E-state index contributed by atoms with van der Waals surface area (Å²) in [4.78, 5) is 23.4. The van der Waals surface area contributed by atoms with Crippen LogP contribution in [0.3, 0.4) is 0 Å². The minimum Gasteiger partial charge on any atom is -0.496 e. The van der Waals surface area contributed by atoms with Gasteiger partial charge in [0.25, 0.3) is 0 Å². The molecule has 0 unspecified atom stereocenters. The summed E-state index contributed by atoms with van der Waals surface area (Å²) >= 11 is 0. The van der Waals surface area contributed by atoms with Crippen molar-refractivity contribution in [2.24, 2.45) is 0 Å². The number of nitrogens with one attached hydrogen (secondary N) is 1. The van der Waals surface area contributed by atoms with Crippen LogP contribution < -0.4 is 10.1 Å². The van der Waals surface area contributed by atoms with Crippen LogP contribution >= 0.6 is 0 Å². The molecule has 0 aliphatic rings. The maximum atomic E-state index is 11.8. The number of carbonyl (C=O) groups is 2. The number of carbonyl (C=O) groups excluding carboxylic acids is 2. The van der Waals surface area contributed by atoms with Crippen LogP contribution in [0.15, 0.2) is 42.5 Å². The lowest BCUT2D eigenvalue weighted by Crippen LogP contribution is -2.04. The van der Waals surface area contributed by atoms with Gasteiger partial charge in [-0.2, -0.15) is 0 Å². The predicted octanol–water partition coefficient (Wildman–Crippen LogP) is 4.11. The average molecular weight is 369 g/mol. The number of methoxy groups -OCH3 is 2. The molecule has 0 heterocycles. The van der Waals surface area contributed by atoms with Gasteiger partial charge in [0.15, 0.2) is 0 Å². The van der Waals surface area contributed by atoms with Gasteiger partial charge < -0.3 is 19.5 Å². The number of anilines is 2. The normalized spacial score (nSPS) is 10.5. The van der Waals surface area contributed by atoms with Gasteiger partial charge in [0.2, 0.25) is 0 Å². The maximum absolute atomic E-state index is 11.8. The van der Waals surface area contributed by atoms with Gasteiger partial charge in [-0.1, -0.05) is 11.6 Å². The van der Waals surface area contributed by atoms with Gasteiger partial charge in [-0.05, 0) is 49.8 Å². The molecule has 0 saturated carbocycles. The van der Waals surface area contributed by atoms with E-state index in [9.17, 15) is 9.59 Å². The first-order valence-corrected chi connectivity index (χ1v) is 8.47. The van der Waals surface area contributed by atoms with Gasteiger partial charge in [0.1, 0.15) is 11.3 Å². The Morgan fingerprint density at radius 1 is 1.11 bits per heavy atom. The number of aryl methyl sites for hydroxylation is 1. The number of hydrogen-bond acceptors (Lipinski definition) is 6. The maximum Gasteiger partial charge on any atom is 0.341 e. The molecule has 6 nitrogen and oxygen atoms in total. The Balaban J connectivity index is 2.32. The van der Waals surface area contributed by atoms with Crippen LogP contribution in [0.4, 0.5) is 11.4 Å². The van der Waals surface area contributed by atoms with Crippen molar-refractivity contribution in [2.75, 3.05) is 26.1 Å². The molecule has 2 aromatic carbocycles. The first kappa shape index (κ1) is 20.0. The van der Waals surface area contributed by atoms with E-state index in [2.05, 4.69) is 5.32 Å². The molecule has 0 aromatic heterocycles. The summed E-state index contributed by atoms with van der Waals surface area (Å²) in [5, 5.41) is 3.28. The zero-order valence-electron chi connectivity index (χ0n) is 15.9. The molecule has 0 saturated heterocycles. The minimum absolute atomic E-state index is 0.328. The third-order valence-electron chi connectivity index (χ3n) is 3.78. The third kappa shape index (κ3) is 5.34. The molecule has 142 valence electrons. The summed E-state index contributed by atoms with van der Waals surface area (Å²) in [5.74, 6) is -0.455. The molecule has 0 atom stereocenters. The Kier molecular flexibility index (Phi) is 7.00. The van der Waals surface area contributed by atoms with E-state index in [-0.39, 0.29) is 0 Å². The second-order valence-corrected chi connectivity index (χ2v) is 5.71. The molecule has 2 aromatic rings. The van der Waals surface area contributed by atoms with Crippen molar-refractivity contribution in [1.82, 2.24) is 0 Å². The number of hydrogen-bond donors (Lipinski definition) is 1. The van der Waals surface area contributed by atoms with Gasteiger partial charge in [-0.3, -0.25) is 0 Å². The van der Waals surface area contributed by atoms with Crippen LogP contribution in [0.1, 0.15) is 28.4 Å². The molecule has 0 bridgehead atoms. The minimum atomic E-state index is -0.466. The van der Waals surface area contributed by atoms with E-state index in [1.165, 1.54) is 20.3 Å². The van der Waals surface area contributed by atoms with E-state index < -0.39 is 11.9 Å². The second-order valence-electron chi connectivity index (χ2n) is 5.71. The fourth-order valence-electron chi connectivity index (χ4n) is 2.49. The summed E-state index contributed by atoms with van der Waals surface area (Å²) in [6.07, 6.45) is 3.10. The topological polar surface area (TPSA) is 73.9 Å². The van der Waals surface area contributed by atoms with E-state index in [0.29, 0.717) is 17.9 Å². The van der Waals surface area contributed by atoms with E-state index >= 15 is 0 Å². The molecule has 0 spiro atoms. The molecule has 0 fully saturated rings. The third-order valence-corrected chi connectivity index (χ3v) is 3.78. The van der Waals surface area contributed by atoms with Gasteiger partial charge >= 0.3 is 11.9 Å². The van der Waals surface area contributed by atoms with Crippen LogP contribution in [-0.4, -0.2) is 32.8 Å². The molecule has 27 heavy (non-hydrogen) atoms. The monoisotopic (exact) mass is 369 g/mol. The summed E-state index contributed by atoms with van der Waals surface area (Å²) in [7, 11) is 2.81. The van der Waals surface area contributed by atoms with Crippen molar-refractivity contribution in [2.45, 2.75) is 13.8 Å². The van der Waals surface area contributed by atoms with Crippen molar-refractivity contribution in [3.05, 3.63) is 59.2 Å². The Morgan fingerprint density at radius 2 is 1.89 bits per heavy atom. The highest BCUT2D eigenvalue weighted by molar-refractivity contribution is 5.93. The molecule has 0 aliphatic heterocycles. The molecule has 6 heteroatoms. The van der Waals surface area contributed by atoms with Gasteiger partial charge in [0.05, 0.1) is 20.8 Å². The molecule has 2 rings (SSSR count). The number of benzene rings is 2. The highest BCUT2D eigenvalue weighted by Crippen LogP contribution is 2.28. The summed E-state index contributed by atoms with van der Waals surface area (Å²) < 4.78 is 15.0. The average Bonchev–Trinajstić information content (AvgIpc) is 2.67. The van der Waals surface area contributed by atoms with Crippen LogP contribution in [0, 0.1) is 6.92 Å². The van der Waals surface area contributed by atoms with Crippen molar-refractivity contribution in [3.8, 4) is 5.75 Å². The molecule has 0 radical (unpaired) electrons. The second kappa shape index (κ2) is 9.43. The molecule has 0 amide bonds. The Hall–Kier alpha value is -3.28. The fraction of sp³-hybridized carbons (Fsp3) is 0.238. The van der Waals surface area contributed by atoms with Gasteiger partial charge in [-0.15, -0.1) is 0 Å². The van der Waals surface area contributed by atoms with Crippen LogP contribution in [-0.2, 0) is 14.3 Å². The van der Waals surface area contributed by atoms with Crippen molar-refractivity contribution >= 4 is 29.4 Å². The lowest BCUT2D eigenvalue weighted by molar-refractivity contribution is -0.137. The summed E-state index contributed by atoms with van der Waals surface area (Å²) in [6.45, 7) is 4.06. The molecule has 1 N–H and O–H groups in total. The number of ether oxygens (including phenoxy) is 3. The molecular formula is C21H23NO5. The predicted molar refractivity (Wildman–Crippen MR) is 104 cm³/mol. The van der Waals surface area contributed by atoms with E-state index in [0.717, 1.165) is 22.5 Å². The standard InChI is InChI=1S/C21H23NO5/c1-5-27-20(23)11-7-15-12-14(2)6-10-18(15)22-16-8-9-17(21(24)26-4)19(13-16)25-3/h6-13,22H,5H2,1-4H3/b11-7-. The van der Waals surface area contributed by atoms with Gasteiger partial charge in [0, 0.05) is 23.5 Å². The lowest BCUT2D eigenvalue weighted by Gasteiger charge is -2.13. The Labute approximate surface area is 158 Å². The van der Waals surface area contributed by atoms with E-state index in [4.69, 9.17) is 14.2 Å². The summed E-state index contributed by atoms with van der Waals surface area (Å²) in [5.41, 5.74) is 3.77. The zero-order valence-corrected chi connectivity index (χ0v) is 15.9. The van der Waals surface area contributed by atoms with Crippen molar-refractivity contribution in [3.63, 3.8) is 0 Å². The van der Waals surface area contributed by atoms with Crippen molar-refractivity contribution in [1.29, 1.82) is 0 Å². The summed E-state index contributed by atoms with van der Waals surface area (Å²) in [6, 6.07) is 10.9.